The Bertz CT molecular complexity index is 730. The third kappa shape index (κ3) is 3.80. The van der Waals surface area contributed by atoms with E-state index in [2.05, 4.69) is 14.1 Å². The molecule has 0 saturated carbocycles. The lowest BCUT2D eigenvalue weighted by Gasteiger charge is -2.09. The summed E-state index contributed by atoms with van der Waals surface area (Å²) in [6.45, 7) is 1.99. The fourth-order valence-corrected chi connectivity index (χ4v) is 3.85. The average Bonchev–Trinajstić information content (AvgIpc) is 2.95. The molecule has 0 spiro atoms. The summed E-state index contributed by atoms with van der Waals surface area (Å²) < 4.78 is 41.6. The Balaban J connectivity index is 2.26. The van der Waals surface area contributed by atoms with E-state index in [1.54, 1.807) is 25.1 Å². The number of anilines is 1. The number of sulfonamides is 1. The highest BCUT2D eigenvalue weighted by atomic mass is 32.2. The molecule has 0 bridgehead atoms. The van der Waals surface area contributed by atoms with Crippen molar-refractivity contribution >= 4 is 26.7 Å². The number of ether oxygens (including phenoxy) is 2. The van der Waals surface area contributed by atoms with Crippen molar-refractivity contribution in [2.45, 2.75) is 24.5 Å². The molecular weight excluding hydrogens is 326 g/mol. The number of nitrogens with one attached hydrogen (secondary N) is 1. The first kappa shape index (κ1) is 16.8. The first-order chi connectivity index (χ1) is 10.5. The summed E-state index contributed by atoms with van der Waals surface area (Å²) in [6.07, 6.45) is -0.296. The Kier molecular flexibility index (Phi) is 5.46. The van der Waals surface area contributed by atoms with Crippen LogP contribution in [0.1, 0.15) is 24.4 Å². The topological polar surface area (TPSA) is 90.4 Å². The van der Waals surface area contributed by atoms with Gasteiger partial charge in [-0.25, -0.2) is 8.42 Å². The molecule has 0 saturated heterocycles. The molecule has 2 rings (SSSR count). The van der Waals surface area contributed by atoms with Crippen molar-refractivity contribution in [3.63, 3.8) is 0 Å². The van der Waals surface area contributed by atoms with Crippen LogP contribution in [0.5, 0.6) is 0 Å². The molecule has 1 atom stereocenters. The fourth-order valence-electron chi connectivity index (χ4n) is 1.76. The molecule has 1 heterocycles. The molecule has 0 fully saturated rings. The summed E-state index contributed by atoms with van der Waals surface area (Å²) >= 11 is 0.971. The maximum Gasteiger partial charge on any atom is 0.264 e. The molecule has 7 nitrogen and oxygen atoms in total. The quantitative estimate of drug-likeness (QED) is 0.829. The molecule has 22 heavy (non-hydrogen) atoms. The Morgan fingerprint density at radius 1 is 1.32 bits per heavy atom. The Labute approximate surface area is 133 Å². The molecule has 0 unspecified atom stereocenters. The predicted octanol–water partition coefficient (Wildman–Crippen LogP) is 2.19. The van der Waals surface area contributed by atoms with Crippen molar-refractivity contribution in [1.29, 1.82) is 0 Å². The second-order valence-electron chi connectivity index (χ2n) is 4.48. The number of aromatic nitrogens is 2. The van der Waals surface area contributed by atoms with Crippen LogP contribution in [0.2, 0.25) is 0 Å². The van der Waals surface area contributed by atoms with E-state index >= 15 is 0 Å². The van der Waals surface area contributed by atoms with Gasteiger partial charge in [0.05, 0.1) is 11.5 Å². The van der Waals surface area contributed by atoms with Gasteiger partial charge in [0.2, 0.25) is 5.13 Å². The third-order valence-electron chi connectivity index (χ3n) is 2.94. The average molecular weight is 343 g/mol. The number of rotatable bonds is 7. The van der Waals surface area contributed by atoms with Crippen molar-refractivity contribution < 1.29 is 17.9 Å². The van der Waals surface area contributed by atoms with Crippen molar-refractivity contribution in [3.8, 4) is 0 Å². The number of hydrogen-bond acceptors (Lipinski definition) is 7. The summed E-state index contributed by atoms with van der Waals surface area (Å²) in [5.74, 6) is 0.440. The lowest BCUT2D eigenvalue weighted by Crippen LogP contribution is -2.15. The van der Waals surface area contributed by atoms with Gasteiger partial charge < -0.3 is 9.47 Å². The molecule has 120 valence electrons. The third-order valence-corrected chi connectivity index (χ3v) is 5.16. The first-order valence-electron chi connectivity index (χ1n) is 6.44. The highest BCUT2D eigenvalue weighted by molar-refractivity contribution is 7.93. The Morgan fingerprint density at radius 3 is 2.73 bits per heavy atom. The molecule has 9 heteroatoms. The van der Waals surface area contributed by atoms with Crippen LogP contribution in [0, 0.1) is 0 Å². The van der Waals surface area contributed by atoms with Gasteiger partial charge in [0.15, 0.2) is 5.82 Å². The van der Waals surface area contributed by atoms with Crippen molar-refractivity contribution in [3.05, 3.63) is 35.7 Å². The van der Waals surface area contributed by atoms with Crippen LogP contribution in [0.3, 0.4) is 0 Å². The second kappa shape index (κ2) is 7.14. The van der Waals surface area contributed by atoms with Crippen LogP contribution in [0.25, 0.3) is 0 Å². The van der Waals surface area contributed by atoms with Gasteiger partial charge in [-0.15, -0.1) is 0 Å². The maximum absolute atomic E-state index is 12.5. The molecule has 0 aliphatic carbocycles. The number of hydrogen-bond donors (Lipinski definition) is 1. The number of nitrogens with zero attached hydrogens (tertiary/aromatic N) is 2. The lowest BCUT2D eigenvalue weighted by atomic mass is 10.2. The summed E-state index contributed by atoms with van der Waals surface area (Å²) in [4.78, 5) is 4.29. The highest BCUT2D eigenvalue weighted by Crippen LogP contribution is 2.23. The van der Waals surface area contributed by atoms with Gasteiger partial charge in [0.1, 0.15) is 6.10 Å². The van der Waals surface area contributed by atoms with Gasteiger partial charge in [-0.05, 0) is 18.6 Å². The molecule has 0 aliphatic heterocycles. The zero-order chi connectivity index (χ0) is 16.2. The smallest absolute Gasteiger partial charge is 0.264 e. The summed E-state index contributed by atoms with van der Waals surface area (Å²) in [5, 5.41) is 0.200. The van der Waals surface area contributed by atoms with Crippen molar-refractivity contribution in [2.75, 3.05) is 18.9 Å². The largest absolute Gasteiger partial charge is 0.380 e. The van der Waals surface area contributed by atoms with Gasteiger partial charge in [-0.3, -0.25) is 4.72 Å². The monoisotopic (exact) mass is 343 g/mol. The van der Waals surface area contributed by atoms with Crippen LogP contribution < -0.4 is 4.72 Å². The predicted molar refractivity (Wildman–Crippen MR) is 83.3 cm³/mol. The molecule has 1 N–H and O–H groups in total. The second-order valence-corrected chi connectivity index (χ2v) is 6.88. The fraction of sp³-hybridized carbons (Fsp3) is 0.385. The SMILES string of the molecule is COCc1ccccc1S(=O)(=O)Nc1nc([C@H](C)OC)ns1. The normalized spacial score (nSPS) is 13.0. The molecular formula is C13H17N3O4S2. The van der Waals surface area contributed by atoms with Crippen LogP contribution in [-0.2, 0) is 26.1 Å². The van der Waals surface area contributed by atoms with Gasteiger partial charge >= 0.3 is 0 Å². The Morgan fingerprint density at radius 2 is 2.05 bits per heavy atom. The van der Waals surface area contributed by atoms with Gasteiger partial charge in [0.25, 0.3) is 10.0 Å². The van der Waals surface area contributed by atoms with E-state index in [0.29, 0.717) is 11.4 Å². The van der Waals surface area contributed by atoms with E-state index in [4.69, 9.17) is 9.47 Å². The zero-order valence-electron chi connectivity index (χ0n) is 12.4. The van der Waals surface area contributed by atoms with Crippen molar-refractivity contribution in [2.24, 2.45) is 0 Å². The van der Waals surface area contributed by atoms with E-state index in [1.807, 2.05) is 0 Å². The molecule has 1 aromatic heterocycles. The molecule has 0 radical (unpaired) electrons. The van der Waals surface area contributed by atoms with E-state index < -0.39 is 10.0 Å². The van der Waals surface area contributed by atoms with E-state index in [1.165, 1.54) is 20.3 Å². The van der Waals surface area contributed by atoms with Crippen LogP contribution in [-0.4, -0.2) is 32.0 Å². The molecule has 1 aromatic carbocycles. The lowest BCUT2D eigenvalue weighted by molar-refractivity contribution is 0.113. The summed E-state index contributed by atoms with van der Waals surface area (Å²) in [5.41, 5.74) is 0.576. The minimum absolute atomic E-state index is 0.161. The minimum Gasteiger partial charge on any atom is -0.380 e. The van der Waals surface area contributed by atoms with Crippen molar-refractivity contribution in [1.82, 2.24) is 9.36 Å². The van der Waals surface area contributed by atoms with Crippen LogP contribution >= 0.6 is 11.5 Å². The van der Waals surface area contributed by atoms with Gasteiger partial charge in [-0.2, -0.15) is 9.36 Å². The highest BCUT2D eigenvalue weighted by Gasteiger charge is 2.21. The Hall–Kier alpha value is -1.55. The minimum atomic E-state index is -3.75. The summed E-state index contributed by atoms with van der Waals surface area (Å²) in [6, 6.07) is 6.65. The van der Waals surface area contributed by atoms with Gasteiger partial charge in [0, 0.05) is 25.8 Å². The summed E-state index contributed by atoms with van der Waals surface area (Å²) in [7, 11) is -0.696. The van der Waals surface area contributed by atoms with E-state index in [-0.39, 0.29) is 22.7 Å². The molecule has 0 aliphatic rings. The van der Waals surface area contributed by atoms with Crippen LogP contribution in [0.4, 0.5) is 5.13 Å². The first-order valence-corrected chi connectivity index (χ1v) is 8.69. The molecule has 2 aromatic rings. The van der Waals surface area contributed by atoms with Gasteiger partial charge in [-0.1, -0.05) is 18.2 Å². The van der Waals surface area contributed by atoms with Crippen LogP contribution in [0.15, 0.2) is 29.2 Å². The maximum atomic E-state index is 12.5. The number of methoxy groups -OCH3 is 2. The molecule has 0 amide bonds. The zero-order valence-corrected chi connectivity index (χ0v) is 14.1. The van der Waals surface area contributed by atoms with E-state index in [0.717, 1.165) is 11.5 Å². The van der Waals surface area contributed by atoms with E-state index in [9.17, 15) is 8.42 Å². The standard InChI is InChI=1S/C13H17N3O4S2/c1-9(20-3)12-14-13(21-15-12)16-22(17,18)11-7-5-4-6-10(11)8-19-2/h4-7,9H,8H2,1-3H3,(H,14,15,16)/t9-/m0/s1. The number of benzene rings is 1.